The minimum atomic E-state index is -0.621. The Balaban J connectivity index is 0.000000335. The summed E-state index contributed by atoms with van der Waals surface area (Å²) in [6, 6.07) is 8.80. The SMILES string of the molecule is CC(C)C(N)C(=O)Oc1ccccc1N.NCCCCC(N)C(=O)Nc1ccc(N)c(N)n1. The van der Waals surface area contributed by atoms with Crippen LogP contribution in [0.25, 0.3) is 0 Å². The fourth-order valence-corrected chi connectivity index (χ4v) is 2.44. The number of amides is 1. The Morgan fingerprint density at radius 3 is 2.24 bits per heavy atom. The number of rotatable bonds is 9. The number of nitrogens with zero attached hydrogens (tertiary/aromatic N) is 1. The van der Waals surface area contributed by atoms with E-state index in [0.717, 1.165) is 12.8 Å². The lowest BCUT2D eigenvalue weighted by Crippen LogP contribution is -2.38. The highest BCUT2D eigenvalue weighted by molar-refractivity contribution is 5.94. The van der Waals surface area contributed by atoms with Gasteiger partial charge in [-0.3, -0.25) is 4.79 Å². The normalized spacial score (nSPS) is 12.3. The lowest BCUT2D eigenvalue weighted by molar-refractivity contribution is -0.136. The average molecular weight is 461 g/mol. The van der Waals surface area contributed by atoms with E-state index < -0.39 is 18.1 Å². The van der Waals surface area contributed by atoms with Crippen molar-refractivity contribution in [3.05, 3.63) is 36.4 Å². The summed E-state index contributed by atoms with van der Waals surface area (Å²) < 4.78 is 5.08. The van der Waals surface area contributed by atoms with E-state index in [1.54, 1.807) is 36.4 Å². The number of hydrogen-bond donors (Lipinski definition) is 7. The monoisotopic (exact) mass is 460 g/mol. The fourth-order valence-electron chi connectivity index (χ4n) is 2.44. The molecule has 0 aliphatic heterocycles. The van der Waals surface area contributed by atoms with Gasteiger partial charge in [-0.25, -0.2) is 9.78 Å². The Labute approximate surface area is 194 Å². The third kappa shape index (κ3) is 9.73. The van der Waals surface area contributed by atoms with Gasteiger partial charge in [0.05, 0.1) is 17.4 Å². The molecule has 13 N–H and O–H groups in total. The highest BCUT2D eigenvalue weighted by atomic mass is 16.5. The molecule has 0 bridgehead atoms. The molecule has 11 heteroatoms. The number of hydrogen-bond acceptors (Lipinski definition) is 10. The number of ether oxygens (including phenoxy) is 1. The second kappa shape index (κ2) is 13.9. The maximum atomic E-state index is 11.7. The van der Waals surface area contributed by atoms with E-state index in [0.29, 0.717) is 35.9 Å². The summed E-state index contributed by atoms with van der Waals surface area (Å²) in [6.07, 6.45) is 2.27. The van der Waals surface area contributed by atoms with Gasteiger partial charge in [0.1, 0.15) is 17.7 Å². The maximum absolute atomic E-state index is 11.7. The molecule has 0 saturated carbocycles. The molecule has 1 aromatic heterocycles. The quantitative estimate of drug-likeness (QED) is 0.120. The molecule has 1 amide bonds. The van der Waals surface area contributed by atoms with Gasteiger partial charge in [0.15, 0.2) is 5.75 Å². The number of para-hydroxylation sites is 2. The molecule has 1 aromatic carbocycles. The Hall–Kier alpha value is -3.41. The van der Waals surface area contributed by atoms with E-state index >= 15 is 0 Å². The van der Waals surface area contributed by atoms with Crippen LogP contribution in [-0.4, -0.2) is 35.5 Å². The molecule has 0 aliphatic carbocycles. The van der Waals surface area contributed by atoms with E-state index in [4.69, 9.17) is 39.1 Å². The molecule has 0 radical (unpaired) electrons. The molecule has 2 unspecified atom stereocenters. The number of nitrogen functional groups attached to an aromatic ring is 3. The molecule has 33 heavy (non-hydrogen) atoms. The van der Waals surface area contributed by atoms with Crippen LogP contribution in [0.4, 0.5) is 23.0 Å². The number of benzene rings is 1. The minimum Gasteiger partial charge on any atom is -0.423 e. The average Bonchev–Trinajstić information content (AvgIpc) is 2.77. The van der Waals surface area contributed by atoms with Gasteiger partial charge in [-0.1, -0.05) is 32.4 Å². The van der Waals surface area contributed by atoms with Crippen molar-refractivity contribution in [2.75, 3.05) is 29.1 Å². The first-order chi connectivity index (χ1) is 15.6. The van der Waals surface area contributed by atoms with Crippen LogP contribution in [-0.2, 0) is 9.59 Å². The van der Waals surface area contributed by atoms with Crippen LogP contribution >= 0.6 is 0 Å². The van der Waals surface area contributed by atoms with E-state index in [2.05, 4.69) is 10.3 Å². The van der Waals surface area contributed by atoms with Gasteiger partial charge in [0.2, 0.25) is 5.91 Å². The molecule has 182 valence electrons. The number of aromatic nitrogens is 1. The maximum Gasteiger partial charge on any atom is 0.328 e. The zero-order chi connectivity index (χ0) is 25.0. The molecule has 2 aromatic rings. The van der Waals surface area contributed by atoms with Crippen LogP contribution in [0.15, 0.2) is 36.4 Å². The van der Waals surface area contributed by atoms with Crippen molar-refractivity contribution in [3.8, 4) is 5.75 Å². The van der Waals surface area contributed by atoms with Crippen molar-refractivity contribution in [1.29, 1.82) is 0 Å². The summed E-state index contributed by atoms with van der Waals surface area (Å²) in [7, 11) is 0. The first-order valence-electron chi connectivity index (χ1n) is 10.7. The smallest absolute Gasteiger partial charge is 0.328 e. The second-order valence-corrected chi connectivity index (χ2v) is 7.78. The van der Waals surface area contributed by atoms with Gasteiger partial charge in [-0.05, 0) is 49.6 Å². The predicted molar refractivity (Wildman–Crippen MR) is 132 cm³/mol. The number of nitrogens with one attached hydrogen (secondary N) is 1. The largest absolute Gasteiger partial charge is 0.423 e. The zero-order valence-electron chi connectivity index (χ0n) is 19.2. The van der Waals surface area contributed by atoms with Crippen LogP contribution < -0.4 is 44.5 Å². The van der Waals surface area contributed by atoms with Crippen LogP contribution in [0.2, 0.25) is 0 Å². The molecule has 0 aliphatic rings. The van der Waals surface area contributed by atoms with Crippen LogP contribution in [0, 0.1) is 5.92 Å². The molecule has 11 nitrogen and oxygen atoms in total. The lowest BCUT2D eigenvalue weighted by Gasteiger charge is -2.14. The van der Waals surface area contributed by atoms with Crippen LogP contribution in [0.5, 0.6) is 5.75 Å². The number of pyridine rings is 1. The summed E-state index contributed by atoms with van der Waals surface area (Å²) in [5, 5.41) is 2.59. The number of anilines is 4. The summed E-state index contributed by atoms with van der Waals surface area (Å²) in [5.74, 6) is 0.193. The molecule has 0 spiro atoms. The lowest BCUT2D eigenvalue weighted by atomic mass is 10.1. The third-order valence-electron chi connectivity index (χ3n) is 4.63. The van der Waals surface area contributed by atoms with Gasteiger partial charge >= 0.3 is 5.97 Å². The number of unbranched alkanes of at least 4 members (excludes halogenated alkanes) is 1. The summed E-state index contributed by atoms with van der Waals surface area (Å²) in [4.78, 5) is 27.2. The van der Waals surface area contributed by atoms with Gasteiger partial charge in [0, 0.05) is 0 Å². The van der Waals surface area contributed by atoms with Crippen molar-refractivity contribution in [2.24, 2.45) is 23.1 Å². The Morgan fingerprint density at radius 2 is 1.67 bits per heavy atom. The third-order valence-corrected chi connectivity index (χ3v) is 4.63. The highest BCUT2D eigenvalue weighted by Gasteiger charge is 2.20. The van der Waals surface area contributed by atoms with Crippen molar-refractivity contribution in [3.63, 3.8) is 0 Å². The summed E-state index contributed by atoms with van der Waals surface area (Å²) in [5.41, 5.74) is 34.2. The molecule has 0 saturated heterocycles. The van der Waals surface area contributed by atoms with Crippen molar-refractivity contribution in [1.82, 2.24) is 4.98 Å². The van der Waals surface area contributed by atoms with E-state index in [1.165, 1.54) is 0 Å². The van der Waals surface area contributed by atoms with Crippen molar-refractivity contribution >= 4 is 34.9 Å². The Bertz CT molecular complexity index is 907. The van der Waals surface area contributed by atoms with Crippen LogP contribution in [0.3, 0.4) is 0 Å². The second-order valence-electron chi connectivity index (χ2n) is 7.78. The fraction of sp³-hybridized carbons (Fsp3) is 0.409. The van der Waals surface area contributed by atoms with Crippen molar-refractivity contribution in [2.45, 2.75) is 45.2 Å². The van der Waals surface area contributed by atoms with Crippen molar-refractivity contribution < 1.29 is 14.3 Å². The minimum absolute atomic E-state index is 0.0439. The van der Waals surface area contributed by atoms with Crippen LogP contribution in [0.1, 0.15) is 33.1 Å². The molecule has 2 atom stereocenters. The van der Waals surface area contributed by atoms with Gasteiger partial charge in [-0.15, -0.1) is 0 Å². The Kier molecular flexibility index (Phi) is 11.6. The number of carbonyl (C=O) groups is 2. The van der Waals surface area contributed by atoms with E-state index in [9.17, 15) is 9.59 Å². The van der Waals surface area contributed by atoms with E-state index in [-0.39, 0.29) is 17.6 Å². The van der Waals surface area contributed by atoms with E-state index in [1.807, 2.05) is 13.8 Å². The summed E-state index contributed by atoms with van der Waals surface area (Å²) >= 11 is 0. The first kappa shape index (κ1) is 27.6. The predicted octanol–water partition coefficient (Wildman–Crippen LogP) is 0.798. The number of nitrogens with two attached hydrogens (primary N) is 6. The first-order valence-corrected chi connectivity index (χ1v) is 10.7. The highest BCUT2D eigenvalue weighted by Crippen LogP contribution is 2.20. The van der Waals surface area contributed by atoms with Gasteiger partial charge < -0.3 is 44.5 Å². The number of carbonyl (C=O) groups excluding carboxylic acids is 2. The summed E-state index contributed by atoms with van der Waals surface area (Å²) in [6.45, 7) is 4.32. The molecular formula is C22H36N8O3. The molecular weight excluding hydrogens is 424 g/mol. The molecule has 0 fully saturated rings. The Morgan fingerprint density at radius 1 is 1.00 bits per heavy atom. The standard InChI is InChI=1S/C11H20N6O.C11H16N2O2/c12-6-2-1-3-8(14)11(18)17-9-5-4-7(13)10(15)16-9;1-7(2)10(13)11(14)15-9-6-4-3-5-8(9)12/h4-5,8H,1-3,6,12-14H2,(H3,15,16,17,18);3-7,10H,12-13H2,1-2H3. The molecule has 2 rings (SSSR count). The zero-order valence-corrected chi connectivity index (χ0v) is 19.2. The van der Waals surface area contributed by atoms with Gasteiger partial charge in [0.25, 0.3) is 0 Å². The number of esters is 1. The molecule has 1 heterocycles. The van der Waals surface area contributed by atoms with Gasteiger partial charge in [-0.2, -0.15) is 0 Å². The topological polar surface area (TPSA) is 224 Å².